The molecular weight excluding hydrogens is 517 g/mol. The van der Waals surface area contributed by atoms with Crippen molar-refractivity contribution in [2.75, 3.05) is 26.7 Å². The molecule has 1 amide bonds. The molecule has 3 N–H and O–H groups in total. The number of nitrogens with two attached hydrogens (primary N) is 1. The number of amides is 1. The first-order valence-corrected chi connectivity index (χ1v) is 11.8. The van der Waals surface area contributed by atoms with Crippen molar-refractivity contribution in [1.82, 2.24) is 15.1 Å². The van der Waals surface area contributed by atoms with Gasteiger partial charge in [0.05, 0.1) is 13.2 Å². The van der Waals surface area contributed by atoms with Gasteiger partial charge in [0.25, 0.3) is 0 Å². The summed E-state index contributed by atoms with van der Waals surface area (Å²) in [6.45, 7) is 5.13. The van der Waals surface area contributed by atoms with E-state index in [4.69, 9.17) is 10.5 Å². The standard InChI is InChI=1S/C24H39N5O2.HI/c1-3-31-24(30)29-15-13-21(14-16-29)27-23(25)26-17-19-9-7-8-10-20(19)18-28(2)22-11-5-4-6-12-22;/h7-10,21-22H,3-6,11-18H2,1-2H3,(H3,25,26,27);1H. The number of piperidine rings is 1. The minimum absolute atomic E-state index is 0. The van der Waals surface area contributed by atoms with E-state index in [1.165, 1.54) is 43.2 Å². The molecule has 2 fully saturated rings. The van der Waals surface area contributed by atoms with Gasteiger partial charge in [0.1, 0.15) is 0 Å². The number of likely N-dealkylation sites (tertiary alicyclic amines) is 1. The maximum absolute atomic E-state index is 11.8. The first-order valence-electron chi connectivity index (χ1n) is 11.8. The molecule has 0 bridgehead atoms. The lowest BCUT2D eigenvalue weighted by Crippen LogP contribution is -2.48. The SMILES string of the molecule is CCOC(=O)N1CCC(NC(N)=NCc2ccccc2CN(C)C2CCCCC2)CC1.I. The Kier molecular flexibility index (Phi) is 11.6. The Hall–Kier alpha value is -1.55. The van der Waals surface area contributed by atoms with Crippen LogP contribution in [-0.2, 0) is 17.8 Å². The highest BCUT2D eigenvalue weighted by Gasteiger charge is 2.24. The van der Waals surface area contributed by atoms with Gasteiger partial charge in [-0.25, -0.2) is 9.79 Å². The number of carbonyl (C=O) groups is 1. The molecule has 1 saturated carbocycles. The lowest BCUT2D eigenvalue weighted by molar-refractivity contribution is 0.0963. The Morgan fingerprint density at radius 3 is 2.47 bits per heavy atom. The molecule has 8 heteroatoms. The van der Waals surface area contributed by atoms with Gasteiger partial charge in [-0.15, -0.1) is 24.0 Å². The van der Waals surface area contributed by atoms with Crippen molar-refractivity contribution in [3.05, 3.63) is 35.4 Å². The van der Waals surface area contributed by atoms with Crippen molar-refractivity contribution in [2.24, 2.45) is 10.7 Å². The van der Waals surface area contributed by atoms with Crippen LogP contribution in [0.4, 0.5) is 4.79 Å². The van der Waals surface area contributed by atoms with Crippen molar-refractivity contribution in [2.45, 2.75) is 77.0 Å². The zero-order chi connectivity index (χ0) is 22.1. The molecule has 1 aromatic rings. The molecule has 0 unspecified atom stereocenters. The van der Waals surface area contributed by atoms with E-state index in [1.54, 1.807) is 4.90 Å². The number of hydrogen-bond donors (Lipinski definition) is 2. The molecule has 1 aliphatic carbocycles. The maximum atomic E-state index is 11.8. The molecule has 32 heavy (non-hydrogen) atoms. The smallest absolute Gasteiger partial charge is 0.409 e. The van der Waals surface area contributed by atoms with E-state index >= 15 is 0 Å². The van der Waals surface area contributed by atoms with Crippen LogP contribution in [0.1, 0.15) is 63.0 Å². The number of hydrogen-bond acceptors (Lipinski definition) is 4. The predicted molar refractivity (Wildman–Crippen MR) is 140 cm³/mol. The van der Waals surface area contributed by atoms with Crippen LogP contribution in [0.2, 0.25) is 0 Å². The summed E-state index contributed by atoms with van der Waals surface area (Å²) in [4.78, 5) is 20.7. The van der Waals surface area contributed by atoms with Crippen LogP contribution in [0.5, 0.6) is 0 Å². The number of benzene rings is 1. The quantitative estimate of drug-likeness (QED) is 0.300. The summed E-state index contributed by atoms with van der Waals surface area (Å²) in [5, 5.41) is 3.33. The number of halogens is 1. The molecule has 0 aromatic heterocycles. The Bertz CT molecular complexity index is 731. The molecule has 0 spiro atoms. The third kappa shape index (κ3) is 8.10. The van der Waals surface area contributed by atoms with Crippen molar-refractivity contribution >= 4 is 36.0 Å². The molecule has 0 atom stereocenters. The molecule has 1 heterocycles. The average molecular weight is 558 g/mol. The van der Waals surface area contributed by atoms with Crippen LogP contribution < -0.4 is 11.1 Å². The van der Waals surface area contributed by atoms with Crippen molar-refractivity contribution in [3.8, 4) is 0 Å². The third-order valence-corrected chi connectivity index (χ3v) is 6.53. The summed E-state index contributed by atoms with van der Waals surface area (Å²) in [5.74, 6) is 0.477. The Balaban J connectivity index is 0.00000363. The normalized spacial score (nSPS) is 18.3. The number of nitrogens with zero attached hydrogens (tertiary/aromatic N) is 3. The molecule has 0 radical (unpaired) electrons. The van der Waals surface area contributed by atoms with E-state index in [2.05, 4.69) is 46.5 Å². The summed E-state index contributed by atoms with van der Waals surface area (Å²) >= 11 is 0. The van der Waals surface area contributed by atoms with Crippen LogP contribution in [0.3, 0.4) is 0 Å². The number of ether oxygens (including phenoxy) is 1. The van der Waals surface area contributed by atoms with Gasteiger partial charge in [-0.05, 0) is 50.8 Å². The zero-order valence-corrected chi connectivity index (χ0v) is 21.9. The van der Waals surface area contributed by atoms with Crippen molar-refractivity contribution < 1.29 is 9.53 Å². The minimum atomic E-state index is -0.225. The fourth-order valence-corrected chi connectivity index (χ4v) is 4.63. The van der Waals surface area contributed by atoms with Crippen LogP contribution >= 0.6 is 24.0 Å². The largest absolute Gasteiger partial charge is 0.450 e. The van der Waals surface area contributed by atoms with Crippen LogP contribution in [-0.4, -0.2) is 60.7 Å². The van der Waals surface area contributed by atoms with E-state index in [0.717, 1.165) is 19.4 Å². The Morgan fingerprint density at radius 2 is 1.81 bits per heavy atom. The lowest BCUT2D eigenvalue weighted by atomic mass is 9.94. The average Bonchev–Trinajstić information content (AvgIpc) is 2.79. The molecule has 2 aliphatic rings. The summed E-state index contributed by atoms with van der Waals surface area (Å²) in [7, 11) is 2.24. The topological polar surface area (TPSA) is 83.2 Å². The molecule has 7 nitrogen and oxygen atoms in total. The van der Waals surface area contributed by atoms with Gasteiger partial charge in [-0.1, -0.05) is 43.5 Å². The number of aliphatic imine (C=N–C) groups is 1. The highest BCUT2D eigenvalue weighted by molar-refractivity contribution is 14.0. The van der Waals surface area contributed by atoms with Crippen molar-refractivity contribution in [3.63, 3.8) is 0 Å². The van der Waals surface area contributed by atoms with Gasteiger partial charge >= 0.3 is 6.09 Å². The number of nitrogens with one attached hydrogen (secondary N) is 1. The van der Waals surface area contributed by atoms with Crippen LogP contribution in [0.25, 0.3) is 0 Å². The summed E-state index contributed by atoms with van der Waals surface area (Å²) in [5.41, 5.74) is 8.74. The highest BCUT2D eigenvalue weighted by atomic mass is 127. The molecule has 3 rings (SSSR count). The zero-order valence-electron chi connectivity index (χ0n) is 19.6. The first-order chi connectivity index (χ1) is 15.1. The second-order valence-electron chi connectivity index (χ2n) is 8.78. The second-order valence-corrected chi connectivity index (χ2v) is 8.78. The summed E-state index contributed by atoms with van der Waals surface area (Å²) in [6, 6.07) is 9.47. The van der Waals surface area contributed by atoms with Gasteiger partial charge in [-0.2, -0.15) is 0 Å². The number of guanidine groups is 1. The third-order valence-electron chi connectivity index (χ3n) is 6.53. The highest BCUT2D eigenvalue weighted by Crippen LogP contribution is 2.23. The Morgan fingerprint density at radius 1 is 1.16 bits per heavy atom. The van der Waals surface area contributed by atoms with E-state index in [0.29, 0.717) is 38.2 Å². The lowest BCUT2D eigenvalue weighted by Gasteiger charge is -2.32. The Labute approximate surface area is 210 Å². The molecular formula is C24H40IN5O2. The van der Waals surface area contributed by atoms with Gasteiger partial charge in [0, 0.05) is 31.7 Å². The van der Waals surface area contributed by atoms with E-state index in [9.17, 15) is 4.79 Å². The van der Waals surface area contributed by atoms with Gasteiger partial charge in [-0.3, -0.25) is 4.90 Å². The summed E-state index contributed by atoms with van der Waals surface area (Å²) < 4.78 is 5.08. The van der Waals surface area contributed by atoms with Gasteiger partial charge < -0.3 is 20.7 Å². The number of rotatable bonds is 7. The second kappa shape index (κ2) is 13.9. The summed E-state index contributed by atoms with van der Waals surface area (Å²) in [6.07, 6.45) is 8.16. The van der Waals surface area contributed by atoms with Crippen molar-refractivity contribution in [1.29, 1.82) is 0 Å². The maximum Gasteiger partial charge on any atom is 0.409 e. The van der Waals surface area contributed by atoms with E-state index < -0.39 is 0 Å². The van der Waals surface area contributed by atoms with Crippen LogP contribution in [0, 0.1) is 0 Å². The monoisotopic (exact) mass is 557 g/mol. The fourth-order valence-electron chi connectivity index (χ4n) is 4.63. The van der Waals surface area contributed by atoms with Gasteiger partial charge in [0.15, 0.2) is 5.96 Å². The van der Waals surface area contributed by atoms with Crippen LogP contribution in [0.15, 0.2) is 29.3 Å². The van der Waals surface area contributed by atoms with E-state index in [-0.39, 0.29) is 36.1 Å². The first kappa shape index (κ1) is 26.7. The predicted octanol–water partition coefficient (Wildman–Crippen LogP) is 4.09. The molecule has 1 aromatic carbocycles. The van der Waals surface area contributed by atoms with Gasteiger partial charge in [0.2, 0.25) is 0 Å². The fraction of sp³-hybridized carbons (Fsp3) is 0.667. The molecule has 180 valence electrons. The number of carbonyl (C=O) groups excluding carboxylic acids is 1. The molecule has 1 aliphatic heterocycles. The van der Waals surface area contributed by atoms with E-state index in [1.807, 2.05) is 6.92 Å². The molecule has 1 saturated heterocycles. The minimum Gasteiger partial charge on any atom is -0.450 e.